The molecule has 0 atom stereocenters. The van der Waals surface area contributed by atoms with Crippen LogP contribution in [0.2, 0.25) is 0 Å². The van der Waals surface area contributed by atoms with E-state index in [9.17, 15) is 8.42 Å². The third kappa shape index (κ3) is 8.57. The van der Waals surface area contributed by atoms with Crippen LogP contribution < -0.4 is 5.73 Å². The molecule has 1 heterocycles. The average Bonchev–Trinajstić information content (AvgIpc) is 2.57. The van der Waals surface area contributed by atoms with E-state index in [0.29, 0.717) is 6.54 Å². The normalized spacial score (nSPS) is 19.5. The summed E-state index contributed by atoms with van der Waals surface area (Å²) >= 11 is 0. The van der Waals surface area contributed by atoms with Crippen LogP contribution >= 0.6 is 0 Å². The van der Waals surface area contributed by atoms with Gasteiger partial charge in [-0.25, -0.2) is 8.42 Å². The maximum atomic E-state index is 11.2. The molecule has 0 saturated carbocycles. The Hall–Kier alpha value is -0.170. The first-order valence-corrected chi connectivity index (χ1v) is 9.40. The van der Waals surface area contributed by atoms with Crippen molar-refractivity contribution in [1.29, 1.82) is 0 Å². The molecule has 0 aromatic carbocycles. The first kappa shape index (κ1) is 16.9. The van der Waals surface area contributed by atoms with Crippen molar-refractivity contribution in [2.45, 2.75) is 25.7 Å². The van der Waals surface area contributed by atoms with E-state index < -0.39 is 9.84 Å². The second-order valence-electron chi connectivity index (χ2n) is 5.52. The highest BCUT2D eigenvalue weighted by Crippen LogP contribution is 2.05. The average molecular weight is 291 g/mol. The predicted molar refractivity (Wildman–Crippen MR) is 80.1 cm³/mol. The maximum Gasteiger partial charge on any atom is 0.148 e. The fourth-order valence-corrected chi connectivity index (χ4v) is 3.01. The lowest BCUT2D eigenvalue weighted by molar-refractivity contribution is 0.259. The van der Waals surface area contributed by atoms with E-state index in [4.69, 9.17) is 5.73 Å². The molecule has 5 nitrogen and oxygen atoms in total. The van der Waals surface area contributed by atoms with Crippen LogP contribution in [-0.4, -0.2) is 76.0 Å². The van der Waals surface area contributed by atoms with Crippen LogP contribution in [0.1, 0.15) is 25.7 Å². The molecular weight excluding hydrogens is 262 g/mol. The number of nitrogens with zero attached hydrogens (tertiary/aromatic N) is 2. The largest absolute Gasteiger partial charge is 0.330 e. The van der Waals surface area contributed by atoms with Crippen LogP contribution in [0.4, 0.5) is 0 Å². The molecule has 19 heavy (non-hydrogen) atoms. The van der Waals surface area contributed by atoms with E-state index in [2.05, 4.69) is 9.80 Å². The second kappa shape index (κ2) is 8.89. The van der Waals surface area contributed by atoms with Crippen molar-refractivity contribution in [3.05, 3.63) is 0 Å². The van der Waals surface area contributed by atoms with E-state index in [1.807, 2.05) is 0 Å². The standard InChI is InChI=1S/C13H29N3O2S/c1-19(17,18)13-12-16-9-5-8-15(10-11-16)7-4-2-3-6-14/h2-14H2,1H3. The molecule has 114 valence electrons. The molecule has 0 radical (unpaired) electrons. The van der Waals surface area contributed by atoms with Crippen LogP contribution in [0.5, 0.6) is 0 Å². The summed E-state index contributed by atoms with van der Waals surface area (Å²) in [5, 5.41) is 0. The highest BCUT2D eigenvalue weighted by Gasteiger charge is 2.15. The zero-order valence-corrected chi connectivity index (χ0v) is 13.0. The molecular formula is C13H29N3O2S. The number of unbranched alkanes of at least 4 members (excludes halogenated alkanes) is 2. The van der Waals surface area contributed by atoms with Gasteiger partial charge < -0.3 is 15.5 Å². The second-order valence-corrected chi connectivity index (χ2v) is 7.78. The van der Waals surface area contributed by atoms with Crippen molar-refractivity contribution in [2.24, 2.45) is 5.73 Å². The smallest absolute Gasteiger partial charge is 0.148 e. The summed E-state index contributed by atoms with van der Waals surface area (Å²) < 4.78 is 22.4. The molecule has 0 aliphatic carbocycles. The quantitative estimate of drug-likeness (QED) is 0.646. The molecule has 0 amide bonds. The van der Waals surface area contributed by atoms with Crippen molar-refractivity contribution >= 4 is 9.84 Å². The van der Waals surface area contributed by atoms with Gasteiger partial charge in [-0.1, -0.05) is 6.42 Å². The number of hydrogen-bond acceptors (Lipinski definition) is 5. The fraction of sp³-hybridized carbons (Fsp3) is 1.00. The summed E-state index contributed by atoms with van der Waals surface area (Å²) in [6.45, 7) is 6.84. The van der Waals surface area contributed by atoms with Gasteiger partial charge in [-0.15, -0.1) is 0 Å². The highest BCUT2D eigenvalue weighted by atomic mass is 32.2. The Morgan fingerprint density at radius 2 is 1.58 bits per heavy atom. The minimum absolute atomic E-state index is 0.281. The number of rotatable bonds is 8. The summed E-state index contributed by atoms with van der Waals surface area (Å²) in [6.07, 6.45) is 6.01. The lowest BCUT2D eigenvalue weighted by Gasteiger charge is -2.21. The van der Waals surface area contributed by atoms with Gasteiger partial charge >= 0.3 is 0 Å². The summed E-state index contributed by atoms with van der Waals surface area (Å²) in [5.41, 5.74) is 5.49. The molecule has 1 aliphatic rings. The molecule has 1 aliphatic heterocycles. The van der Waals surface area contributed by atoms with Crippen molar-refractivity contribution in [2.75, 3.05) is 57.8 Å². The Balaban J connectivity index is 2.19. The topological polar surface area (TPSA) is 66.6 Å². The molecule has 2 N–H and O–H groups in total. The Morgan fingerprint density at radius 3 is 2.16 bits per heavy atom. The predicted octanol–water partition coefficient (Wildman–Crippen LogP) is 0.168. The summed E-state index contributed by atoms with van der Waals surface area (Å²) in [4.78, 5) is 4.78. The van der Waals surface area contributed by atoms with E-state index >= 15 is 0 Å². The van der Waals surface area contributed by atoms with Gasteiger partial charge in [0.15, 0.2) is 0 Å². The van der Waals surface area contributed by atoms with Crippen LogP contribution in [0.15, 0.2) is 0 Å². The van der Waals surface area contributed by atoms with E-state index in [-0.39, 0.29) is 5.75 Å². The third-order valence-corrected chi connectivity index (χ3v) is 4.56. The number of sulfone groups is 1. The molecule has 1 rings (SSSR count). The molecule has 0 unspecified atom stereocenters. The molecule has 0 aromatic rings. The van der Waals surface area contributed by atoms with Crippen LogP contribution in [0.3, 0.4) is 0 Å². The zero-order chi connectivity index (χ0) is 14.1. The van der Waals surface area contributed by atoms with Gasteiger partial charge in [-0.3, -0.25) is 0 Å². The summed E-state index contributed by atoms with van der Waals surface area (Å²) in [6, 6.07) is 0. The molecule has 0 aromatic heterocycles. The fourth-order valence-electron chi connectivity index (χ4n) is 2.42. The van der Waals surface area contributed by atoms with Gasteiger partial charge in [0.2, 0.25) is 0 Å². The van der Waals surface area contributed by atoms with Gasteiger partial charge in [0.1, 0.15) is 9.84 Å². The lowest BCUT2D eigenvalue weighted by Crippen LogP contribution is -2.34. The van der Waals surface area contributed by atoms with E-state index in [0.717, 1.165) is 52.1 Å². The Bertz CT molecular complexity index is 333. The van der Waals surface area contributed by atoms with Gasteiger partial charge in [0.25, 0.3) is 0 Å². The Kier molecular flexibility index (Phi) is 7.90. The van der Waals surface area contributed by atoms with Crippen LogP contribution in [0.25, 0.3) is 0 Å². The molecule has 0 spiro atoms. The first-order valence-electron chi connectivity index (χ1n) is 7.34. The number of hydrogen-bond donors (Lipinski definition) is 1. The van der Waals surface area contributed by atoms with Crippen molar-refractivity contribution in [1.82, 2.24) is 9.80 Å². The summed E-state index contributed by atoms with van der Waals surface area (Å²) in [5.74, 6) is 0.281. The Morgan fingerprint density at radius 1 is 0.947 bits per heavy atom. The monoisotopic (exact) mass is 291 g/mol. The highest BCUT2D eigenvalue weighted by molar-refractivity contribution is 7.90. The molecule has 1 saturated heterocycles. The molecule has 1 fully saturated rings. The van der Waals surface area contributed by atoms with Crippen LogP contribution in [-0.2, 0) is 9.84 Å². The first-order chi connectivity index (χ1) is 9.01. The van der Waals surface area contributed by atoms with Crippen molar-refractivity contribution in [3.8, 4) is 0 Å². The minimum atomic E-state index is -2.84. The van der Waals surface area contributed by atoms with Crippen molar-refractivity contribution in [3.63, 3.8) is 0 Å². The molecule has 6 heteroatoms. The zero-order valence-electron chi connectivity index (χ0n) is 12.2. The van der Waals surface area contributed by atoms with Gasteiger partial charge in [-0.2, -0.15) is 0 Å². The minimum Gasteiger partial charge on any atom is -0.330 e. The summed E-state index contributed by atoms with van der Waals surface area (Å²) in [7, 11) is -2.84. The van der Waals surface area contributed by atoms with Gasteiger partial charge in [-0.05, 0) is 45.4 Å². The van der Waals surface area contributed by atoms with Gasteiger partial charge in [0.05, 0.1) is 5.75 Å². The lowest BCUT2D eigenvalue weighted by atomic mass is 10.2. The van der Waals surface area contributed by atoms with Crippen molar-refractivity contribution < 1.29 is 8.42 Å². The van der Waals surface area contributed by atoms with Gasteiger partial charge in [0, 0.05) is 25.9 Å². The van der Waals surface area contributed by atoms with Crippen LogP contribution in [0, 0.1) is 0 Å². The Labute approximate surface area is 118 Å². The third-order valence-electron chi connectivity index (χ3n) is 3.64. The van der Waals surface area contributed by atoms with E-state index in [1.165, 1.54) is 19.1 Å². The van der Waals surface area contributed by atoms with E-state index in [1.54, 1.807) is 0 Å². The molecule has 0 bridgehead atoms. The SMILES string of the molecule is CS(=O)(=O)CCN1CCCN(CCCCCN)CC1. The maximum absolute atomic E-state index is 11.2. The number of nitrogens with two attached hydrogens (primary N) is 1.